The molecule has 0 aliphatic heterocycles. The Hall–Kier alpha value is -2.42. The molecule has 0 amide bonds. The number of nitrogens with zero attached hydrogens (tertiary/aromatic N) is 1. The lowest BCUT2D eigenvalue weighted by molar-refractivity contribution is -0.131. The van der Waals surface area contributed by atoms with Crippen molar-refractivity contribution < 1.29 is 9.53 Å². The Morgan fingerprint density at radius 3 is 2.73 bits per heavy atom. The van der Waals surface area contributed by atoms with Crippen molar-refractivity contribution in [3.05, 3.63) is 58.9 Å². The highest BCUT2D eigenvalue weighted by Gasteiger charge is 2.15. The Balaban J connectivity index is 1.88. The van der Waals surface area contributed by atoms with Gasteiger partial charge in [-0.3, -0.25) is 9.78 Å². The molecule has 0 saturated carbocycles. The summed E-state index contributed by atoms with van der Waals surface area (Å²) in [5.41, 5.74) is 6.06. The molecule has 3 nitrogen and oxygen atoms in total. The number of aryl methyl sites for hydroxylation is 2. The summed E-state index contributed by atoms with van der Waals surface area (Å²) in [5, 5.41) is 0. The number of carbonyl (C=O) groups excluding carboxylic acids is 1. The summed E-state index contributed by atoms with van der Waals surface area (Å²) in [4.78, 5) is 15.6. The van der Waals surface area contributed by atoms with E-state index in [1.54, 1.807) is 0 Å². The zero-order chi connectivity index (χ0) is 15.5. The molecule has 0 atom stereocenters. The maximum Gasteiger partial charge on any atom is 0.308 e. The van der Waals surface area contributed by atoms with E-state index in [0.717, 1.165) is 30.5 Å². The fraction of sp³-hybridized carbons (Fsp3) is 0.263. The lowest BCUT2D eigenvalue weighted by Gasteiger charge is -2.18. The van der Waals surface area contributed by atoms with Gasteiger partial charge >= 0.3 is 5.97 Å². The van der Waals surface area contributed by atoms with E-state index in [1.807, 2.05) is 30.5 Å². The van der Waals surface area contributed by atoms with Crippen molar-refractivity contribution in [2.75, 3.05) is 0 Å². The number of allylic oxidation sites excluding steroid dienone is 1. The molecule has 0 bridgehead atoms. The van der Waals surface area contributed by atoms with Crippen LogP contribution in [-0.2, 0) is 11.2 Å². The Bertz CT molecular complexity index is 730. The molecule has 1 aliphatic rings. The van der Waals surface area contributed by atoms with E-state index in [9.17, 15) is 4.79 Å². The standard InChI is InChI=1S/C19H19NO2/c1-13-10-16-4-3-5-17(19(16)20-12-13)11-15-6-8-18(9-7-15)22-14(2)21/h6-12H,3-5H2,1-2H3. The first-order valence-corrected chi connectivity index (χ1v) is 7.57. The molecule has 0 fully saturated rings. The second-order valence-corrected chi connectivity index (χ2v) is 5.71. The minimum Gasteiger partial charge on any atom is -0.427 e. The molecule has 0 unspecified atom stereocenters. The number of benzene rings is 1. The van der Waals surface area contributed by atoms with Crippen molar-refractivity contribution in [2.45, 2.75) is 33.1 Å². The second-order valence-electron chi connectivity index (χ2n) is 5.71. The van der Waals surface area contributed by atoms with Gasteiger partial charge in [-0.05, 0) is 66.7 Å². The van der Waals surface area contributed by atoms with Crippen LogP contribution in [0.15, 0.2) is 36.5 Å². The number of carbonyl (C=O) groups is 1. The molecule has 1 aromatic heterocycles. The first-order valence-electron chi connectivity index (χ1n) is 7.57. The van der Waals surface area contributed by atoms with Crippen LogP contribution >= 0.6 is 0 Å². The number of ether oxygens (including phenoxy) is 1. The zero-order valence-corrected chi connectivity index (χ0v) is 12.9. The highest BCUT2D eigenvalue weighted by molar-refractivity contribution is 5.82. The molecule has 3 rings (SSSR count). The van der Waals surface area contributed by atoms with Gasteiger partial charge in [0, 0.05) is 13.1 Å². The second kappa shape index (κ2) is 6.14. The van der Waals surface area contributed by atoms with Crippen LogP contribution in [-0.4, -0.2) is 11.0 Å². The molecule has 0 spiro atoms. The van der Waals surface area contributed by atoms with Crippen LogP contribution in [0.4, 0.5) is 0 Å². The summed E-state index contributed by atoms with van der Waals surface area (Å²) in [7, 11) is 0. The molecular formula is C19H19NO2. The van der Waals surface area contributed by atoms with Gasteiger partial charge in [0.25, 0.3) is 0 Å². The molecule has 2 aromatic rings. The largest absolute Gasteiger partial charge is 0.427 e. The number of aromatic nitrogens is 1. The first kappa shape index (κ1) is 14.5. The Kier molecular flexibility index (Phi) is 4.05. The van der Waals surface area contributed by atoms with E-state index in [2.05, 4.69) is 24.1 Å². The van der Waals surface area contributed by atoms with E-state index in [-0.39, 0.29) is 5.97 Å². The van der Waals surface area contributed by atoms with Crippen LogP contribution in [0.2, 0.25) is 0 Å². The fourth-order valence-corrected chi connectivity index (χ4v) is 2.84. The van der Waals surface area contributed by atoms with Crippen LogP contribution in [0.1, 0.15) is 42.1 Å². The van der Waals surface area contributed by atoms with Crippen molar-refractivity contribution in [1.82, 2.24) is 4.98 Å². The maximum atomic E-state index is 10.9. The predicted octanol–water partition coefficient (Wildman–Crippen LogP) is 4.19. The van der Waals surface area contributed by atoms with Crippen LogP contribution in [0.3, 0.4) is 0 Å². The van der Waals surface area contributed by atoms with Gasteiger partial charge in [0.15, 0.2) is 0 Å². The quantitative estimate of drug-likeness (QED) is 0.615. The normalized spacial score (nSPS) is 15.5. The van der Waals surface area contributed by atoms with Crippen molar-refractivity contribution in [1.29, 1.82) is 0 Å². The van der Waals surface area contributed by atoms with Gasteiger partial charge in [0.05, 0.1) is 5.69 Å². The third-order valence-corrected chi connectivity index (χ3v) is 3.78. The lowest BCUT2D eigenvalue weighted by Crippen LogP contribution is -2.04. The first-order chi connectivity index (χ1) is 10.6. The Morgan fingerprint density at radius 2 is 2.00 bits per heavy atom. The van der Waals surface area contributed by atoms with E-state index in [0.29, 0.717) is 5.75 Å². The summed E-state index contributed by atoms with van der Waals surface area (Å²) in [5.74, 6) is 0.277. The highest BCUT2D eigenvalue weighted by Crippen LogP contribution is 2.31. The number of hydrogen-bond donors (Lipinski definition) is 0. The SMILES string of the molecule is CC(=O)Oc1ccc(C=C2CCCc3cc(C)cnc32)cc1. The third-order valence-electron chi connectivity index (χ3n) is 3.78. The Morgan fingerprint density at radius 1 is 1.23 bits per heavy atom. The molecule has 1 heterocycles. The van der Waals surface area contributed by atoms with Crippen molar-refractivity contribution in [3.63, 3.8) is 0 Å². The van der Waals surface area contributed by atoms with Crippen LogP contribution in [0.5, 0.6) is 5.75 Å². The summed E-state index contributed by atoms with van der Waals surface area (Å²) < 4.78 is 5.06. The predicted molar refractivity (Wildman–Crippen MR) is 87.5 cm³/mol. The summed E-state index contributed by atoms with van der Waals surface area (Å²) in [6.07, 6.45) is 7.43. The van der Waals surface area contributed by atoms with Crippen LogP contribution in [0, 0.1) is 6.92 Å². The number of esters is 1. The van der Waals surface area contributed by atoms with Crippen molar-refractivity contribution >= 4 is 17.6 Å². The fourth-order valence-electron chi connectivity index (χ4n) is 2.84. The Labute approximate surface area is 130 Å². The van der Waals surface area contributed by atoms with E-state index >= 15 is 0 Å². The summed E-state index contributed by atoms with van der Waals surface area (Å²) >= 11 is 0. The molecule has 0 N–H and O–H groups in total. The number of hydrogen-bond acceptors (Lipinski definition) is 3. The van der Waals surface area contributed by atoms with E-state index in [1.165, 1.54) is 23.6 Å². The van der Waals surface area contributed by atoms with Gasteiger partial charge in [0.1, 0.15) is 5.75 Å². The van der Waals surface area contributed by atoms with Gasteiger partial charge < -0.3 is 4.74 Å². The van der Waals surface area contributed by atoms with Crippen molar-refractivity contribution in [2.24, 2.45) is 0 Å². The van der Waals surface area contributed by atoms with Gasteiger partial charge in [0.2, 0.25) is 0 Å². The summed E-state index contributed by atoms with van der Waals surface area (Å²) in [6, 6.07) is 9.81. The van der Waals surface area contributed by atoms with Gasteiger partial charge in [-0.15, -0.1) is 0 Å². The number of fused-ring (bicyclic) bond motifs is 1. The zero-order valence-electron chi connectivity index (χ0n) is 12.9. The molecule has 112 valence electrons. The smallest absolute Gasteiger partial charge is 0.308 e. The minimum atomic E-state index is -0.299. The lowest BCUT2D eigenvalue weighted by atomic mass is 9.89. The van der Waals surface area contributed by atoms with E-state index < -0.39 is 0 Å². The van der Waals surface area contributed by atoms with Gasteiger partial charge in [-0.25, -0.2) is 0 Å². The minimum absolute atomic E-state index is 0.299. The average Bonchev–Trinajstić information content (AvgIpc) is 2.48. The summed E-state index contributed by atoms with van der Waals surface area (Å²) in [6.45, 7) is 3.49. The number of rotatable bonds is 2. The van der Waals surface area contributed by atoms with Crippen LogP contribution in [0.25, 0.3) is 11.6 Å². The highest BCUT2D eigenvalue weighted by atomic mass is 16.5. The molecule has 3 heteroatoms. The topological polar surface area (TPSA) is 39.2 Å². The van der Waals surface area contributed by atoms with Crippen molar-refractivity contribution in [3.8, 4) is 5.75 Å². The molecule has 22 heavy (non-hydrogen) atoms. The average molecular weight is 293 g/mol. The molecule has 0 saturated heterocycles. The van der Waals surface area contributed by atoms with Crippen LogP contribution < -0.4 is 4.74 Å². The molecule has 0 radical (unpaired) electrons. The van der Waals surface area contributed by atoms with Gasteiger partial charge in [-0.1, -0.05) is 18.2 Å². The maximum absolute atomic E-state index is 10.9. The molecule has 1 aromatic carbocycles. The van der Waals surface area contributed by atoms with E-state index in [4.69, 9.17) is 4.74 Å². The third kappa shape index (κ3) is 3.25. The molecule has 1 aliphatic carbocycles. The number of pyridine rings is 1. The van der Waals surface area contributed by atoms with Gasteiger partial charge in [-0.2, -0.15) is 0 Å². The molecular weight excluding hydrogens is 274 g/mol. The monoisotopic (exact) mass is 293 g/mol.